The summed E-state index contributed by atoms with van der Waals surface area (Å²) in [4.78, 5) is 0. The summed E-state index contributed by atoms with van der Waals surface area (Å²) >= 11 is 0. The van der Waals surface area contributed by atoms with Crippen LogP contribution < -0.4 is 5.32 Å². The lowest BCUT2D eigenvalue weighted by atomic mass is 9.88. The molecule has 1 saturated heterocycles. The molecule has 1 unspecified atom stereocenters. The van der Waals surface area contributed by atoms with Gasteiger partial charge in [-0.3, -0.25) is 0 Å². The summed E-state index contributed by atoms with van der Waals surface area (Å²) in [6.07, 6.45) is 5.89. The Labute approximate surface area is 102 Å². The number of nitrogens with one attached hydrogen (secondary N) is 1. The van der Waals surface area contributed by atoms with Gasteiger partial charge in [-0.1, -0.05) is 18.2 Å². The molecule has 3 rings (SSSR count). The lowest BCUT2D eigenvalue weighted by Crippen LogP contribution is -2.43. The van der Waals surface area contributed by atoms with Gasteiger partial charge in [0, 0.05) is 13.0 Å². The maximum Gasteiger partial charge on any atom is 0.127 e. The number of hydrogen-bond donors (Lipinski definition) is 1. The molecule has 1 aliphatic carbocycles. The van der Waals surface area contributed by atoms with Gasteiger partial charge < -0.3 is 5.32 Å². The van der Waals surface area contributed by atoms with Gasteiger partial charge in [0.05, 0.1) is 0 Å². The molecule has 1 fully saturated rings. The molecule has 1 aromatic rings. The van der Waals surface area contributed by atoms with E-state index in [0.29, 0.717) is 19.4 Å². The van der Waals surface area contributed by atoms with Crippen molar-refractivity contribution >= 4 is 0 Å². The van der Waals surface area contributed by atoms with Gasteiger partial charge in [0.15, 0.2) is 0 Å². The molecule has 1 N–H and O–H groups in total. The Hall–Kier alpha value is -0.890. The number of halogens is 1. The average molecular weight is 233 g/mol. The molecule has 1 aromatic carbocycles. The minimum Gasteiger partial charge on any atom is -0.314 e. The zero-order valence-corrected chi connectivity index (χ0v) is 10.3. The normalized spacial score (nSPS) is 28.1. The molecular formula is C15H20FN. The largest absolute Gasteiger partial charge is 0.314 e. The van der Waals surface area contributed by atoms with Gasteiger partial charge in [0.25, 0.3) is 0 Å². The molecule has 1 aliphatic heterocycles. The van der Waals surface area contributed by atoms with Crippen molar-refractivity contribution in [2.45, 2.75) is 44.2 Å². The Morgan fingerprint density at radius 1 is 1.18 bits per heavy atom. The average Bonchev–Trinajstić information content (AvgIpc) is 2.76. The number of hydrogen-bond acceptors (Lipinski definition) is 1. The van der Waals surface area contributed by atoms with Crippen LogP contribution in [-0.2, 0) is 19.3 Å². The summed E-state index contributed by atoms with van der Waals surface area (Å²) in [7, 11) is 0. The summed E-state index contributed by atoms with van der Waals surface area (Å²) in [6.45, 7) is 1.49. The fraction of sp³-hybridized carbons (Fsp3) is 0.600. The van der Waals surface area contributed by atoms with Gasteiger partial charge in [-0.15, -0.1) is 0 Å². The first-order chi connectivity index (χ1) is 8.25. The van der Waals surface area contributed by atoms with Crippen molar-refractivity contribution in [3.63, 3.8) is 0 Å². The van der Waals surface area contributed by atoms with E-state index in [9.17, 15) is 4.39 Å². The van der Waals surface area contributed by atoms with Gasteiger partial charge in [-0.05, 0) is 55.3 Å². The van der Waals surface area contributed by atoms with Crippen LogP contribution in [0.15, 0.2) is 18.2 Å². The van der Waals surface area contributed by atoms with Crippen LogP contribution in [0.5, 0.6) is 0 Å². The predicted molar refractivity (Wildman–Crippen MR) is 68.1 cm³/mol. The molecule has 0 radical (unpaired) electrons. The lowest BCUT2D eigenvalue weighted by Gasteiger charge is -2.30. The second-order valence-electron chi connectivity index (χ2n) is 5.56. The Kier molecular flexibility index (Phi) is 2.91. The topological polar surface area (TPSA) is 12.0 Å². The monoisotopic (exact) mass is 233 g/mol. The maximum atomic E-state index is 14.5. The van der Waals surface area contributed by atoms with Crippen LogP contribution in [0.2, 0.25) is 0 Å². The number of fused-ring (bicyclic) bond motifs is 1. The Balaban J connectivity index is 1.76. The molecule has 1 heterocycles. The zero-order chi connectivity index (χ0) is 11.7. The maximum absolute atomic E-state index is 14.5. The van der Waals surface area contributed by atoms with Gasteiger partial charge in [-0.2, -0.15) is 0 Å². The summed E-state index contributed by atoms with van der Waals surface area (Å²) in [5.41, 5.74) is 3.08. The fourth-order valence-electron chi connectivity index (χ4n) is 3.18. The quantitative estimate of drug-likeness (QED) is 0.828. The van der Waals surface area contributed by atoms with E-state index in [1.807, 2.05) is 0 Å². The highest BCUT2D eigenvalue weighted by Crippen LogP contribution is 2.28. The Bertz CT molecular complexity index is 407. The molecule has 0 bridgehead atoms. The van der Waals surface area contributed by atoms with E-state index in [4.69, 9.17) is 0 Å². The van der Waals surface area contributed by atoms with Gasteiger partial charge in [0.2, 0.25) is 0 Å². The van der Waals surface area contributed by atoms with Crippen molar-refractivity contribution in [3.05, 3.63) is 34.9 Å². The van der Waals surface area contributed by atoms with Crippen molar-refractivity contribution in [2.75, 3.05) is 13.1 Å². The van der Waals surface area contributed by atoms with Crippen molar-refractivity contribution in [1.82, 2.24) is 5.32 Å². The van der Waals surface area contributed by atoms with E-state index in [0.717, 1.165) is 13.0 Å². The summed E-state index contributed by atoms with van der Waals surface area (Å²) in [6, 6.07) is 6.57. The molecule has 2 heteroatoms. The Morgan fingerprint density at radius 3 is 2.88 bits per heavy atom. The van der Waals surface area contributed by atoms with Crippen molar-refractivity contribution in [1.29, 1.82) is 0 Å². The fourth-order valence-corrected chi connectivity index (χ4v) is 3.18. The molecule has 17 heavy (non-hydrogen) atoms. The standard InChI is InChI=1S/C15H20FN/c16-15(7-2-8-17-11-15)10-12-5-6-13-3-1-4-14(13)9-12/h5-6,9,17H,1-4,7-8,10-11H2. The van der Waals surface area contributed by atoms with Gasteiger partial charge in [-0.25, -0.2) is 4.39 Å². The predicted octanol–water partition coefficient (Wildman–Crippen LogP) is 2.81. The number of benzene rings is 1. The van der Waals surface area contributed by atoms with E-state index in [-0.39, 0.29) is 0 Å². The van der Waals surface area contributed by atoms with Crippen LogP contribution in [0, 0.1) is 0 Å². The molecule has 92 valence electrons. The first-order valence-electron chi connectivity index (χ1n) is 6.76. The highest BCUT2D eigenvalue weighted by Gasteiger charge is 2.31. The van der Waals surface area contributed by atoms with E-state index < -0.39 is 5.67 Å². The molecular weight excluding hydrogens is 213 g/mol. The van der Waals surface area contributed by atoms with Crippen molar-refractivity contribution in [3.8, 4) is 0 Å². The van der Waals surface area contributed by atoms with Crippen LogP contribution in [0.1, 0.15) is 36.0 Å². The zero-order valence-electron chi connectivity index (χ0n) is 10.3. The van der Waals surface area contributed by atoms with Gasteiger partial charge >= 0.3 is 0 Å². The minimum atomic E-state index is -1.02. The Morgan fingerprint density at radius 2 is 2.06 bits per heavy atom. The summed E-state index contributed by atoms with van der Waals surface area (Å²) in [5, 5.41) is 3.17. The highest BCUT2D eigenvalue weighted by atomic mass is 19.1. The number of alkyl halides is 1. The third-order valence-electron chi connectivity index (χ3n) is 4.10. The third kappa shape index (κ3) is 2.37. The van der Waals surface area contributed by atoms with Crippen LogP contribution in [0.25, 0.3) is 0 Å². The van der Waals surface area contributed by atoms with Crippen LogP contribution >= 0.6 is 0 Å². The van der Waals surface area contributed by atoms with E-state index in [1.165, 1.54) is 36.0 Å². The number of rotatable bonds is 2. The summed E-state index contributed by atoms with van der Waals surface area (Å²) in [5.74, 6) is 0. The first-order valence-corrected chi connectivity index (χ1v) is 6.76. The molecule has 0 aromatic heterocycles. The molecule has 0 spiro atoms. The van der Waals surface area contributed by atoms with Crippen molar-refractivity contribution in [2.24, 2.45) is 0 Å². The first kappa shape index (κ1) is 11.2. The molecule has 1 nitrogen and oxygen atoms in total. The SMILES string of the molecule is FC1(Cc2ccc3c(c2)CCC3)CCCNC1. The minimum absolute atomic E-state index is 0.518. The smallest absolute Gasteiger partial charge is 0.127 e. The second kappa shape index (κ2) is 4.41. The molecule has 0 amide bonds. The van der Waals surface area contributed by atoms with Crippen molar-refractivity contribution < 1.29 is 4.39 Å². The lowest BCUT2D eigenvalue weighted by molar-refractivity contribution is 0.122. The van der Waals surface area contributed by atoms with E-state index in [2.05, 4.69) is 23.5 Å². The van der Waals surface area contributed by atoms with Crippen LogP contribution in [-0.4, -0.2) is 18.8 Å². The van der Waals surface area contributed by atoms with Crippen LogP contribution in [0.4, 0.5) is 4.39 Å². The molecule has 0 saturated carbocycles. The number of aryl methyl sites for hydroxylation is 2. The molecule has 1 atom stereocenters. The number of piperidine rings is 1. The highest BCUT2D eigenvalue weighted by molar-refractivity contribution is 5.35. The van der Waals surface area contributed by atoms with Gasteiger partial charge in [0.1, 0.15) is 5.67 Å². The van der Waals surface area contributed by atoms with Crippen LogP contribution in [0.3, 0.4) is 0 Å². The molecule has 2 aliphatic rings. The van der Waals surface area contributed by atoms with E-state index in [1.54, 1.807) is 0 Å². The summed E-state index contributed by atoms with van der Waals surface area (Å²) < 4.78 is 14.5. The third-order valence-corrected chi connectivity index (χ3v) is 4.10. The van der Waals surface area contributed by atoms with E-state index >= 15 is 0 Å². The second-order valence-corrected chi connectivity index (χ2v) is 5.56.